The van der Waals surface area contributed by atoms with E-state index in [2.05, 4.69) is 21.8 Å². The number of thiocarbonyl (C=S) groups is 1. The fourth-order valence-electron chi connectivity index (χ4n) is 3.10. The quantitative estimate of drug-likeness (QED) is 0.474. The maximum atomic E-state index is 13.1. The van der Waals surface area contributed by atoms with Gasteiger partial charge in [-0.1, -0.05) is 29.3 Å². The summed E-state index contributed by atoms with van der Waals surface area (Å²) in [5.74, 6) is 0.0799. The molecule has 1 heterocycles. The number of anilines is 1. The van der Waals surface area contributed by atoms with E-state index in [9.17, 15) is 13.2 Å². The maximum Gasteiger partial charge on any atom is 0.436 e. The fraction of sp³-hybridized carbons (Fsp3) is 0.474. The predicted molar refractivity (Wildman–Crippen MR) is 109 cm³/mol. The highest BCUT2D eigenvalue weighted by Gasteiger charge is 2.41. The molecule has 3 rings (SSSR count). The molecule has 0 bridgehead atoms. The second-order valence-electron chi connectivity index (χ2n) is 7.10. The third kappa shape index (κ3) is 4.97. The largest absolute Gasteiger partial charge is 0.436 e. The molecule has 0 atom stereocenters. The number of hydrogen-bond donors (Lipinski definition) is 2. The van der Waals surface area contributed by atoms with Gasteiger partial charge in [-0.2, -0.15) is 18.3 Å². The van der Waals surface area contributed by atoms with Gasteiger partial charge in [0.05, 0.1) is 10.7 Å². The number of aromatic nitrogens is 2. The minimum absolute atomic E-state index is 0.0799. The molecule has 0 unspecified atom stereocenters. The van der Waals surface area contributed by atoms with Crippen LogP contribution in [-0.2, 0) is 12.7 Å². The number of rotatable bonds is 6. The number of benzene rings is 1. The molecule has 4 nitrogen and oxygen atoms in total. The van der Waals surface area contributed by atoms with Gasteiger partial charge in [-0.15, -0.1) is 0 Å². The summed E-state index contributed by atoms with van der Waals surface area (Å²) < 4.78 is 40.7. The number of alkyl halides is 3. The van der Waals surface area contributed by atoms with E-state index < -0.39 is 11.9 Å². The molecule has 0 aliphatic heterocycles. The van der Waals surface area contributed by atoms with Crippen molar-refractivity contribution >= 4 is 34.6 Å². The molecule has 1 fully saturated rings. The Morgan fingerprint density at radius 1 is 1.32 bits per heavy atom. The summed E-state index contributed by atoms with van der Waals surface area (Å²) >= 11 is 11.3. The normalized spacial score (nSPS) is 14.2. The Balaban J connectivity index is 1.54. The summed E-state index contributed by atoms with van der Waals surface area (Å²) in [6.07, 6.45) is -2.26. The average Bonchev–Trinajstić information content (AvgIpc) is 3.37. The highest BCUT2D eigenvalue weighted by molar-refractivity contribution is 7.80. The summed E-state index contributed by atoms with van der Waals surface area (Å²) in [4.78, 5) is 0. The van der Waals surface area contributed by atoms with Crippen LogP contribution in [-0.4, -0.2) is 21.4 Å². The highest BCUT2D eigenvalue weighted by Crippen LogP contribution is 2.46. The zero-order chi connectivity index (χ0) is 20.5. The zero-order valence-electron chi connectivity index (χ0n) is 15.7. The van der Waals surface area contributed by atoms with E-state index in [0.717, 1.165) is 24.1 Å². The molecule has 2 aromatic rings. The van der Waals surface area contributed by atoms with Crippen molar-refractivity contribution in [2.24, 2.45) is 0 Å². The number of halogens is 4. The van der Waals surface area contributed by atoms with Crippen LogP contribution in [0.4, 0.5) is 18.9 Å². The van der Waals surface area contributed by atoms with Crippen molar-refractivity contribution in [2.45, 2.75) is 51.7 Å². The fourth-order valence-corrected chi connectivity index (χ4v) is 3.71. The Kier molecular flexibility index (Phi) is 6.19. The number of hydrogen-bond acceptors (Lipinski definition) is 2. The predicted octanol–water partition coefficient (Wildman–Crippen LogP) is 5.43. The standard InChI is InChI=1S/C19H22ClF3N4S/c1-11-4-7-14(12(2)10-11)25-18(28)24-8-3-9-27-16(13-5-6-13)15(20)17(26-27)19(21,22)23/h4,7,10,13H,3,5-6,8-9H2,1-2H3,(H2,24,25,28). The van der Waals surface area contributed by atoms with Crippen molar-refractivity contribution in [2.75, 3.05) is 11.9 Å². The van der Waals surface area contributed by atoms with Crippen molar-refractivity contribution in [3.63, 3.8) is 0 Å². The summed E-state index contributed by atoms with van der Waals surface area (Å²) in [6, 6.07) is 6.02. The lowest BCUT2D eigenvalue weighted by atomic mass is 10.1. The van der Waals surface area contributed by atoms with Gasteiger partial charge in [-0.05, 0) is 57.0 Å². The Morgan fingerprint density at radius 2 is 2.04 bits per heavy atom. The van der Waals surface area contributed by atoms with Crippen LogP contribution in [0.1, 0.15) is 47.7 Å². The summed E-state index contributed by atoms with van der Waals surface area (Å²) in [6.45, 7) is 4.88. The molecule has 2 N–H and O–H groups in total. The third-order valence-electron chi connectivity index (χ3n) is 4.63. The van der Waals surface area contributed by atoms with Gasteiger partial charge in [0.2, 0.25) is 0 Å². The molecule has 0 amide bonds. The smallest absolute Gasteiger partial charge is 0.362 e. The molecule has 0 spiro atoms. The SMILES string of the molecule is Cc1ccc(NC(=S)NCCCn2nc(C(F)(F)F)c(Cl)c2C2CC2)c(C)c1. The van der Waals surface area contributed by atoms with Gasteiger partial charge in [0, 0.05) is 24.7 Å². The molecular formula is C19H22ClF3N4S. The lowest BCUT2D eigenvalue weighted by Gasteiger charge is -2.13. The lowest BCUT2D eigenvalue weighted by molar-refractivity contribution is -0.141. The average molecular weight is 431 g/mol. The molecular weight excluding hydrogens is 409 g/mol. The Labute approximate surface area is 172 Å². The van der Waals surface area contributed by atoms with Crippen LogP contribution in [0.5, 0.6) is 0 Å². The van der Waals surface area contributed by atoms with E-state index in [1.165, 1.54) is 10.2 Å². The van der Waals surface area contributed by atoms with Crippen LogP contribution in [0.3, 0.4) is 0 Å². The van der Waals surface area contributed by atoms with Gasteiger partial charge in [-0.25, -0.2) is 0 Å². The van der Waals surface area contributed by atoms with Crippen LogP contribution >= 0.6 is 23.8 Å². The van der Waals surface area contributed by atoms with Gasteiger partial charge in [0.25, 0.3) is 0 Å². The molecule has 9 heteroatoms. The molecule has 1 aliphatic rings. The summed E-state index contributed by atoms with van der Waals surface area (Å²) in [5, 5.41) is 10.2. The second kappa shape index (κ2) is 8.29. The zero-order valence-corrected chi connectivity index (χ0v) is 17.2. The van der Waals surface area contributed by atoms with E-state index >= 15 is 0 Å². The topological polar surface area (TPSA) is 41.9 Å². The van der Waals surface area contributed by atoms with Gasteiger partial charge < -0.3 is 10.6 Å². The molecule has 28 heavy (non-hydrogen) atoms. The van der Waals surface area contributed by atoms with Gasteiger partial charge in [0.15, 0.2) is 10.8 Å². The van der Waals surface area contributed by atoms with E-state index in [0.29, 0.717) is 30.3 Å². The van der Waals surface area contributed by atoms with E-state index in [4.69, 9.17) is 23.8 Å². The van der Waals surface area contributed by atoms with Crippen LogP contribution < -0.4 is 10.6 Å². The Hall–Kier alpha value is -1.80. The van der Waals surface area contributed by atoms with E-state index in [-0.39, 0.29) is 10.9 Å². The van der Waals surface area contributed by atoms with E-state index in [1.54, 1.807) is 0 Å². The molecule has 1 aromatic heterocycles. The first kappa shape index (κ1) is 20.9. The number of aryl methyl sites for hydroxylation is 3. The van der Waals surface area contributed by atoms with Crippen LogP contribution in [0, 0.1) is 13.8 Å². The Bertz CT molecular complexity index is 875. The maximum absolute atomic E-state index is 13.1. The molecule has 152 valence electrons. The van der Waals surface area contributed by atoms with Crippen molar-refractivity contribution in [1.29, 1.82) is 0 Å². The van der Waals surface area contributed by atoms with Crippen molar-refractivity contribution in [1.82, 2.24) is 15.1 Å². The minimum Gasteiger partial charge on any atom is -0.362 e. The summed E-state index contributed by atoms with van der Waals surface area (Å²) in [5.41, 5.74) is 2.70. The first-order valence-corrected chi connectivity index (χ1v) is 9.91. The van der Waals surface area contributed by atoms with Crippen molar-refractivity contribution in [3.8, 4) is 0 Å². The monoisotopic (exact) mass is 430 g/mol. The van der Waals surface area contributed by atoms with Crippen molar-refractivity contribution in [3.05, 3.63) is 45.7 Å². The van der Waals surface area contributed by atoms with Crippen molar-refractivity contribution < 1.29 is 13.2 Å². The minimum atomic E-state index is -4.54. The first-order valence-electron chi connectivity index (χ1n) is 9.12. The highest BCUT2D eigenvalue weighted by atomic mass is 35.5. The molecule has 0 saturated heterocycles. The third-order valence-corrected chi connectivity index (χ3v) is 5.25. The molecule has 1 aromatic carbocycles. The Morgan fingerprint density at radius 3 is 2.64 bits per heavy atom. The van der Waals surface area contributed by atoms with E-state index in [1.807, 2.05) is 26.0 Å². The molecule has 1 aliphatic carbocycles. The number of nitrogens with zero attached hydrogens (tertiary/aromatic N) is 2. The summed E-state index contributed by atoms with van der Waals surface area (Å²) in [7, 11) is 0. The van der Waals surface area contributed by atoms with Gasteiger partial charge in [0.1, 0.15) is 0 Å². The molecule has 1 saturated carbocycles. The number of nitrogens with one attached hydrogen (secondary N) is 2. The van der Waals surface area contributed by atoms with Crippen LogP contribution in [0.2, 0.25) is 5.02 Å². The second-order valence-corrected chi connectivity index (χ2v) is 7.88. The van der Waals surface area contributed by atoms with Gasteiger partial charge in [-0.3, -0.25) is 4.68 Å². The van der Waals surface area contributed by atoms with Crippen LogP contribution in [0.15, 0.2) is 18.2 Å². The lowest BCUT2D eigenvalue weighted by Crippen LogP contribution is -2.30. The molecule has 0 radical (unpaired) electrons. The van der Waals surface area contributed by atoms with Crippen LogP contribution in [0.25, 0.3) is 0 Å². The first-order chi connectivity index (χ1) is 13.2. The van der Waals surface area contributed by atoms with Gasteiger partial charge >= 0.3 is 6.18 Å².